The van der Waals surface area contributed by atoms with Gasteiger partial charge in [0.2, 0.25) is 11.8 Å². The van der Waals surface area contributed by atoms with Crippen molar-refractivity contribution >= 4 is 27.7 Å². The van der Waals surface area contributed by atoms with Crippen LogP contribution in [0.5, 0.6) is 0 Å². The van der Waals surface area contributed by atoms with E-state index in [-0.39, 0.29) is 30.2 Å². The smallest absolute Gasteiger partial charge is 0.242 e. The summed E-state index contributed by atoms with van der Waals surface area (Å²) in [4.78, 5) is 31.0. The van der Waals surface area contributed by atoms with Crippen LogP contribution in [-0.2, 0) is 27.4 Å². The van der Waals surface area contributed by atoms with Crippen molar-refractivity contribution in [3.8, 4) is 0 Å². The van der Waals surface area contributed by atoms with Crippen molar-refractivity contribution in [1.29, 1.82) is 0 Å². The molecule has 208 valence electrons. The number of carbonyl (C=O) groups excluding carboxylic acids is 2. The number of hydrogen-bond acceptors (Lipinski definition) is 3. The zero-order valence-corrected chi connectivity index (χ0v) is 24.7. The molecule has 4 rings (SSSR count). The first-order valence-corrected chi connectivity index (χ1v) is 14.8. The van der Waals surface area contributed by atoms with Gasteiger partial charge < -0.3 is 19.1 Å². The molecule has 1 fully saturated rings. The van der Waals surface area contributed by atoms with Crippen LogP contribution in [0.3, 0.4) is 0 Å². The number of ether oxygens (including phenoxy) is 1. The SMILES string of the molecule is CCCCN(Cc1cccn1Cc1ccc(Br)cc1)C(=O)CN(CCCOC)C(=O)C1C[C@H]1c1ccccc1. The van der Waals surface area contributed by atoms with Gasteiger partial charge in [-0.2, -0.15) is 0 Å². The Balaban J connectivity index is 1.44. The third kappa shape index (κ3) is 8.29. The number of halogens is 1. The normalized spacial score (nSPS) is 16.2. The maximum atomic E-state index is 13.7. The summed E-state index contributed by atoms with van der Waals surface area (Å²) >= 11 is 3.50. The van der Waals surface area contributed by atoms with E-state index in [1.54, 1.807) is 12.0 Å². The maximum absolute atomic E-state index is 13.7. The van der Waals surface area contributed by atoms with E-state index < -0.39 is 0 Å². The summed E-state index contributed by atoms with van der Waals surface area (Å²) in [5, 5.41) is 0. The number of unbranched alkanes of at least 4 members (excludes halogenated alkanes) is 1. The molecule has 2 amide bonds. The molecule has 1 aliphatic carbocycles. The van der Waals surface area contributed by atoms with Crippen molar-refractivity contribution in [2.75, 3.05) is 33.4 Å². The summed E-state index contributed by atoms with van der Waals surface area (Å²) in [6.07, 6.45) is 5.55. The van der Waals surface area contributed by atoms with E-state index in [0.717, 1.165) is 36.0 Å². The average molecular weight is 595 g/mol. The predicted molar refractivity (Wildman–Crippen MR) is 158 cm³/mol. The van der Waals surface area contributed by atoms with Crippen LogP contribution in [0.1, 0.15) is 55.3 Å². The third-order valence-corrected chi connectivity index (χ3v) is 7.96. The van der Waals surface area contributed by atoms with Crippen LogP contribution in [0.25, 0.3) is 0 Å². The average Bonchev–Trinajstić information content (AvgIpc) is 3.64. The summed E-state index contributed by atoms with van der Waals surface area (Å²) in [6.45, 7) is 5.28. The largest absolute Gasteiger partial charge is 0.385 e. The highest BCUT2D eigenvalue weighted by atomic mass is 79.9. The Morgan fingerprint density at radius 3 is 2.44 bits per heavy atom. The first-order valence-electron chi connectivity index (χ1n) is 14.0. The number of amides is 2. The van der Waals surface area contributed by atoms with E-state index >= 15 is 0 Å². The van der Waals surface area contributed by atoms with Crippen molar-refractivity contribution in [1.82, 2.24) is 14.4 Å². The van der Waals surface area contributed by atoms with Crippen LogP contribution in [0.4, 0.5) is 0 Å². The summed E-state index contributed by atoms with van der Waals surface area (Å²) in [7, 11) is 1.67. The molecule has 0 radical (unpaired) electrons. The highest BCUT2D eigenvalue weighted by Gasteiger charge is 2.46. The van der Waals surface area contributed by atoms with E-state index in [1.165, 1.54) is 11.1 Å². The standard InChI is InChI=1S/C32H40BrN3O3/c1-3-4-17-35(23-28-12-8-18-34(28)22-25-13-15-27(33)16-14-25)31(37)24-36(19-9-20-39-2)32(38)30-21-29(30)26-10-6-5-7-11-26/h5-8,10-16,18,29-30H,3-4,9,17,19-24H2,1-2H3/t29-,30?/m0/s1. The van der Waals surface area contributed by atoms with E-state index in [0.29, 0.717) is 32.7 Å². The zero-order chi connectivity index (χ0) is 27.6. The minimum absolute atomic E-state index is 0.00233. The van der Waals surface area contributed by atoms with Gasteiger partial charge in [0.05, 0.1) is 13.1 Å². The molecule has 6 nitrogen and oxygen atoms in total. The minimum Gasteiger partial charge on any atom is -0.385 e. The van der Waals surface area contributed by atoms with Crippen LogP contribution in [-0.4, -0.2) is 59.5 Å². The first-order chi connectivity index (χ1) is 19.0. The number of aromatic nitrogens is 1. The van der Waals surface area contributed by atoms with Gasteiger partial charge in [-0.05, 0) is 60.6 Å². The second-order valence-electron chi connectivity index (χ2n) is 10.4. The Kier molecular flexibility index (Phi) is 10.8. The van der Waals surface area contributed by atoms with E-state index in [9.17, 15) is 9.59 Å². The van der Waals surface area contributed by atoms with Crippen LogP contribution < -0.4 is 0 Å². The molecule has 1 saturated carbocycles. The number of carbonyl (C=O) groups is 2. The quantitative estimate of drug-likeness (QED) is 0.200. The zero-order valence-electron chi connectivity index (χ0n) is 23.1. The molecule has 1 aliphatic rings. The molecule has 1 unspecified atom stereocenters. The van der Waals surface area contributed by atoms with Gasteiger partial charge in [0, 0.05) is 55.6 Å². The van der Waals surface area contributed by atoms with Gasteiger partial charge in [-0.3, -0.25) is 9.59 Å². The lowest BCUT2D eigenvalue weighted by molar-refractivity contribution is -0.142. The predicted octanol–water partition coefficient (Wildman–Crippen LogP) is 6.10. The van der Waals surface area contributed by atoms with Gasteiger partial charge in [-0.15, -0.1) is 0 Å². The third-order valence-electron chi connectivity index (χ3n) is 7.43. The number of nitrogens with zero attached hydrogens (tertiary/aromatic N) is 3. The molecule has 39 heavy (non-hydrogen) atoms. The van der Waals surface area contributed by atoms with Crippen molar-refractivity contribution in [2.45, 2.75) is 51.6 Å². The second kappa shape index (κ2) is 14.5. The fraction of sp³-hybridized carbons (Fsp3) is 0.438. The lowest BCUT2D eigenvalue weighted by atomic mass is 10.1. The summed E-state index contributed by atoms with van der Waals surface area (Å²) < 4.78 is 8.50. The molecule has 7 heteroatoms. The van der Waals surface area contributed by atoms with Crippen molar-refractivity contribution in [2.24, 2.45) is 5.92 Å². The molecule has 0 aliphatic heterocycles. The summed E-state index contributed by atoms with van der Waals surface area (Å²) in [5.41, 5.74) is 3.50. The second-order valence-corrected chi connectivity index (χ2v) is 11.3. The summed E-state index contributed by atoms with van der Waals surface area (Å²) in [5.74, 6) is 0.289. The Labute approximate surface area is 241 Å². The molecule has 0 bridgehead atoms. The van der Waals surface area contributed by atoms with Gasteiger partial charge in [-0.1, -0.05) is 71.7 Å². The van der Waals surface area contributed by atoms with Crippen molar-refractivity contribution in [3.05, 3.63) is 94.2 Å². The molecule has 1 heterocycles. The Morgan fingerprint density at radius 2 is 1.72 bits per heavy atom. The number of hydrogen-bond donors (Lipinski definition) is 0. The van der Waals surface area contributed by atoms with Gasteiger partial charge in [0.25, 0.3) is 0 Å². The van der Waals surface area contributed by atoms with Crippen molar-refractivity contribution < 1.29 is 14.3 Å². The van der Waals surface area contributed by atoms with Crippen LogP contribution in [0.2, 0.25) is 0 Å². The minimum atomic E-state index is -0.0463. The number of rotatable bonds is 15. The molecule has 0 spiro atoms. The lowest BCUT2D eigenvalue weighted by Gasteiger charge is -2.28. The van der Waals surface area contributed by atoms with E-state index in [4.69, 9.17) is 4.74 Å². The highest BCUT2D eigenvalue weighted by Crippen LogP contribution is 2.48. The van der Waals surface area contributed by atoms with Gasteiger partial charge in [-0.25, -0.2) is 0 Å². The Morgan fingerprint density at radius 1 is 0.974 bits per heavy atom. The monoisotopic (exact) mass is 593 g/mol. The fourth-order valence-electron chi connectivity index (χ4n) is 5.07. The molecule has 2 atom stereocenters. The molecule has 2 aromatic carbocycles. The number of methoxy groups -OCH3 is 1. The van der Waals surface area contributed by atoms with E-state index in [1.807, 2.05) is 41.3 Å². The van der Waals surface area contributed by atoms with Crippen molar-refractivity contribution in [3.63, 3.8) is 0 Å². The molecular weight excluding hydrogens is 554 g/mol. The molecular formula is C32H40BrN3O3. The Hall–Kier alpha value is -2.90. The lowest BCUT2D eigenvalue weighted by Crippen LogP contribution is -2.44. The Bertz CT molecular complexity index is 1190. The molecule has 0 N–H and O–H groups in total. The van der Waals surface area contributed by atoms with Gasteiger partial charge >= 0.3 is 0 Å². The number of benzene rings is 2. The van der Waals surface area contributed by atoms with Gasteiger partial charge in [0.1, 0.15) is 0 Å². The maximum Gasteiger partial charge on any atom is 0.242 e. The van der Waals surface area contributed by atoms with E-state index in [2.05, 4.69) is 63.9 Å². The van der Waals surface area contributed by atoms with Crippen LogP contribution in [0.15, 0.2) is 77.4 Å². The van der Waals surface area contributed by atoms with Crippen LogP contribution in [0, 0.1) is 5.92 Å². The molecule has 1 aromatic heterocycles. The molecule has 3 aromatic rings. The first kappa shape index (κ1) is 29.1. The highest BCUT2D eigenvalue weighted by molar-refractivity contribution is 9.10. The molecule has 0 saturated heterocycles. The summed E-state index contributed by atoms with van der Waals surface area (Å²) in [6, 6.07) is 22.7. The van der Waals surface area contributed by atoms with Gasteiger partial charge in [0.15, 0.2) is 0 Å². The van der Waals surface area contributed by atoms with Crippen LogP contribution >= 0.6 is 15.9 Å². The fourth-order valence-corrected chi connectivity index (χ4v) is 5.34. The topological polar surface area (TPSA) is 54.8 Å².